The Morgan fingerprint density at radius 2 is 1.00 bits per heavy atom. The van der Waals surface area contributed by atoms with Gasteiger partial charge in [0.2, 0.25) is 0 Å². The number of aryl methyl sites for hydroxylation is 2. The smallest absolute Gasteiger partial charge is 0.0232 e. The molecule has 25 heavy (non-hydrogen) atoms. The van der Waals surface area contributed by atoms with Crippen LogP contribution in [0.25, 0.3) is 0 Å². The molecule has 0 aliphatic rings. The van der Waals surface area contributed by atoms with Crippen molar-refractivity contribution in [3.05, 3.63) is 67.3 Å². The van der Waals surface area contributed by atoms with Gasteiger partial charge < -0.3 is 0 Å². The summed E-state index contributed by atoms with van der Waals surface area (Å²) in [6.45, 7) is 20.6. The fourth-order valence-corrected chi connectivity index (χ4v) is 4.42. The van der Waals surface area contributed by atoms with Crippen LogP contribution in [0.5, 0.6) is 0 Å². The molecular formula is C25H36. The predicted octanol–water partition coefficient (Wildman–Crippen LogP) is 6.76. The Hall–Kier alpha value is -1.56. The Balaban J connectivity index is 2.49. The second-order valence-corrected chi connectivity index (χ2v) is 7.75. The van der Waals surface area contributed by atoms with E-state index in [-0.39, 0.29) is 0 Å². The van der Waals surface area contributed by atoms with Crippen LogP contribution in [0.15, 0.2) is 6.07 Å². The van der Waals surface area contributed by atoms with Crippen LogP contribution in [0.1, 0.15) is 75.0 Å². The highest BCUT2D eigenvalue weighted by Crippen LogP contribution is 2.29. The maximum atomic E-state index is 2.43. The van der Waals surface area contributed by atoms with Crippen molar-refractivity contribution in [2.75, 3.05) is 0 Å². The lowest BCUT2D eigenvalue weighted by Crippen LogP contribution is -2.08. The Morgan fingerprint density at radius 3 is 1.48 bits per heavy atom. The van der Waals surface area contributed by atoms with E-state index in [9.17, 15) is 0 Å². The zero-order valence-electron chi connectivity index (χ0n) is 17.9. The van der Waals surface area contributed by atoms with Gasteiger partial charge in [0.1, 0.15) is 0 Å². The molecule has 2 aromatic rings. The average molecular weight is 337 g/mol. The number of hydrogen-bond donors (Lipinski definition) is 0. The van der Waals surface area contributed by atoms with Crippen molar-refractivity contribution in [1.29, 1.82) is 0 Å². The van der Waals surface area contributed by atoms with E-state index in [0.717, 1.165) is 25.7 Å². The fraction of sp³-hybridized carbons (Fsp3) is 0.520. The predicted molar refractivity (Wildman–Crippen MR) is 112 cm³/mol. The summed E-state index contributed by atoms with van der Waals surface area (Å²) in [6, 6.07) is 2.43. The molecule has 0 heterocycles. The lowest BCUT2D eigenvalue weighted by Gasteiger charge is -2.21. The Kier molecular flexibility index (Phi) is 6.14. The Bertz CT molecular complexity index is 762. The van der Waals surface area contributed by atoms with Crippen LogP contribution >= 0.6 is 0 Å². The molecule has 2 aromatic carbocycles. The van der Waals surface area contributed by atoms with E-state index in [1.807, 2.05) is 0 Å². The topological polar surface area (TPSA) is 0 Å². The summed E-state index contributed by atoms with van der Waals surface area (Å²) in [6.07, 6.45) is 4.59. The Labute approximate surface area is 155 Å². The van der Waals surface area contributed by atoms with Crippen molar-refractivity contribution in [3.63, 3.8) is 0 Å². The van der Waals surface area contributed by atoms with Crippen molar-refractivity contribution in [1.82, 2.24) is 0 Å². The second kappa shape index (κ2) is 7.77. The lowest BCUT2D eigenvalue weighted by molar-refractivity contribution is 0.875. The van der Waals surface area contributed by atoms with Crippen LogP contribution in [-0.2, 0) is 25.7 Å². The molecule has 0 bridgehead atoms. The van der Waals surface area contributed by atoms with E-state index >= 15 is 0 Å². The minimum Gasteiger partial charge on any atom is -0.0613 e. The third kappa shape index (κ3) is 3.54. The molecule has 0 aliphatic carbocycles. The van der Waals surface area contributed by atoms with Gasteiger partial charge in [0.15, 0.2) is 0 Å². The molecule has 136 valence electrons. The minimum absolute atomic E-state index is 1.13. The highest BCUT2D eigenvalue weighted by molar-refractivity contribution is 5.51. The highest BCUT2D eigenvalue weighted by Gasteiger charge is 2.15. The highest BCUT2D eigenvalue weighted by atomic mass is 14.2. The summed E-state index contributed by atoms with van der Waals surface area (Å²) in [5.41, 5.74) is 16.7. The van der Waals surface area contributed by atoms with E-state index in [4.69, 9.17) is 0 Å². The van der Waals surface area contributed by atoms with Crippen LogP contribution in [0.2, 0.25) is 0 Å². The van der Waals surface area contributed by atoms with Gasteiger partial charge in [0.05, 0.1) is 0 Å². The van der Waals surface area contributed by atoms with Gasteiger partial charge in [0, 0.05) is 0 Å². The normalized spacial score (nSPS) is 11.2. The van der Waals surface area contributed by atoms with Crippen LogP contribution in [0.3, 0.4) is 0 Å². The van der Waals surface area contributed by atoms with Gasteiger partial charge in [-0.25, -0.2) is 0 Å². The standard InChI is InChI=1S/C25H36/c1-10-22-14-15(3)16(4)23(11-2)25(22)13-12-24-20(8)18(6)17(5)19(7)21(24)9/h14H,10-13H2,1-9H3. The molecule has 0 spiro atoms. The van der Waals surface area contributed by atoms with Crippen LogP contribution in [0, 0.1) is 48.5 Å². The molecule has 0 aliphatic heterocycles. The van der Waals surface area contributed by atoms with Crippen LogP contribution < -0.4 is 0 Å². The van der Waals surface area contributed by atoms with Gasteiger partial charge in [-0.1, -0.05) is 19.9 Å². The summed E-state index contributed by atoms with van der Waals surface area (Å²) in [5, 5.41) is 0. The fourth-order valence-electron chi connectivity index (χ4n) is 4.42. The monoisotopic (exact) mass is 336 g/mol. The van der Waals surface area contributed by atoms with E-state index < -0.39 is 0 Å². The van der Waals surface area contributed by atoms with E-state index in [2.05, 4.69) is 68.4 Å². The number of rotatable bonds is 5. The molecule has 0 unspecified atom stereocenters. The van der Waals surface area contributed by atoms with Crippen LogP contribution in [0.4, 0.5) is 0 Å². The summed E-state index contributed by atoms with van der Waals surface area (Å²) >= 11 is 0. The molecule has 0 atom stereocenters. The van der Waals surface area contributed by atoms with Crippen molar-refractivity contribution in [3.8, 4) is 0 Å². The molecular weight excluding hydrogens is 300 g/mol. The third-order valence-corrected chi connectivity index (χ3v) is 6.70. The first-order valence-corrected chi connectivity index (χ1v) is 9.91. The van der Waals surface area contributed by atoms with Crippen molar-refractivity contribution >= 4 is 0 Å². The maximum Gasteiger partial charge on any atom is -0.0232 e. The molecule has 0 fully saturated rings. The van der Waals surface area contributed by atoms with E-state index in [1.165, 1.54) is 38.9 Å². The SMILES string of the molecule is CCc1cc(C)c(C)c(CC)c1CCc1c(C)c(C)c(C)c(C)c1C. The van der Waals surface area contributed by atoms with Crippen molar-refractivity contribution in [2.45, 2.75) is 88.0 Å². The zero-order chi connectivity index (χ0) is 18.9. The molecule has 0 aromatic heterocycles. The first kappa shape index (κ1) is 19.8. The molecule has 0 amide bonds. The molecule has 0 saturated heterocycles. The molecule has 2 rings (SSSR count). The molecule has 0 heteroatoms. The summed E-state index contributed by atoms with van der Waals surface area (Å²) < 4.78 is 0. The van der Waals surface area contributed by atoms with Gasteiger partial charge in [-0.2, -0.15) is 0 Å². The first-order chi connectivity index (χ1) is 11.7. The largest absolute Gasteiger partial charge is 0.0613 e. The van der Waals surface area contributed by atoms with E-state index in [1.54, 1.807) is 22.3 Å². The lowest BCUT2D eigenvalue weighted by atomic mass is 9.84. The van der Waals surface area contributed by atoms with Gasteiger partial charge in [-0.3, -0.25) is 0 Å². The zero-order valence-corrected chi connectivity index (χ0v) is 17.9. The summed E-state index contributed by atoms with van der Waals surface area (Å²) in [5.74, 6) is 0. The first-order valence-electron chi connectivity index (χ1n) is 9.91. The summed E-state index contributed by atoms with van der Waals surface area (Å²) in [4.78, 5) is 0. The third-order valence-electron chi connectivity index (χ3n) is 6.70. The summed E-state index contributed by atoms with van der Waals surface area (Å²) in [7, 11) is 0. The van der Waals surface area contributed by atoms with Crippen molar-refractivity contribution in [2.24, 2.45) is 0 Å². The van der Waals surface area contributed by atoms with Gasteiger partial charge in [-0.15, -0.1) is 0 Å². The molecule has 0 radical (unpaired) electrons. The van der Waals surface area contributed by atoms with Crippen LogP contribution in [-0.4, -0.2) is 0 Å². The minimum atomic E-state index is 1.13. The maximum absolute atomic E-state index is 2.43. The number of hydrogen-bond acceptors (Lipinski definition) is 0. The van der Waals surface area contributed by atoms with Gasteiger partial charge in [-0.05, 0) is 135 Å². The Morgan fingerprint density at radius 1 is 0.520 bits per heavy atom. The number of benzene rings is 2. The average Bonchev–Trinajstić information content (AvgIpc) is 2.60. The quantitative estimate of drug-likeness (QED) is 0.566. The van der Waals surface area contributed by atoms with E-state index in [0.29, 0.717) is 0 Å². The molecule has 0 N–H and O–H groups in total. The van der Waals surface area contributed by atoms with Gasteiger partial charge in [0.25, 0.3) is 0 Å². The van der Waals surface area contributed by atoms with Gasteiger partial charge >= 0.3 is 0 Å². The second-order valence-electron chi connectivity index (χ2n) is 7.75. The molecule has 0 saturated carbocycles. The van der Waals surface area contributed by atoms with Crippen molar-refractivity contribution < 1.29 is 0 Å². The molecule has 0 nitrogen and oxygen atoms in total.